The van der Waals surface area contributed by atoms with Crippen LogP contribution in [0.4, 0.5) is 4.79 Å². The molecule has 1 unspecified atom stereocenters. The van der Waals surface area contributed by atoms with E-state index >= 15 is 0 Å². The monoisotopic (exact) mass is 381 g/mol. The molecule has 0 saturated carbocycles. The number of amides is 1. The van der Waals surface area contributed by atoms with Crippen molar-refractivity contribution in [2.75, 3.05) is 40.8 Å². The second kappa shape index (κ2) is 10.8. The molecule has 0 saturated heterocycles. The molecule has 9 nitrogen and oxygen atoms in total. The average molecular weight is 382 g/mol. The standard InChI is InChI=1S/C18H35N7O2/c1-18(2,3)27-17(26)21-10-8-9-20-16(19-4)22-12-15(24(5)6)14-11-23-25(7)13-14/h11,13,15H,8-10,12H2,1-7H3,(H,21,26)(H2,19,20,22). The van der Waals surface area contributed by atoms with Gasteiger partial charge in [0.05, 0.1) is 12.2 Å². The minimum Gasteiger partial charge on any atom is -0.444 e. The van der Waals surface area contributed by atoms with Crippen LogP contribution in [0, 0.1) is 0 Å². The molecule has 1 amide bonds. The number of nitrogens with zero attached hydrogens (tertiary/aromatic N) is 4. The van der Waals surface area contributed by atoms with Gasteiger partial charge in [0.1, 0.15) is 5.60 Å². The molecule has 1 aromatic rings. The molecule has 0 aliphatic heterocycles. The number of aromatic nitrogens is 2. The molecule has 0 fully saturated rings. The van der Waals surface area contributed by atoms with Gasteiger partial charge in [0.25, 0.3) is 0 Å². The molecular formula is C18H35N7O2. The van der Waals surface area contributed by atoms with Crippen molar-refractivity contribution >= 4 is 12.1 Å². The van der Waals surface area contributed by atoms with Gasteiger partial charge in [-0.15, -0.1) is 0 Å². The van der Waals surface area contributed by atoms with Crippen molar-refractivity contribution in [2.24, 2.45) is 12.0 Å². The SMILES string of the molecule is CN=C(NCCCNC(=O)OC(C)(C)C)NCC(c1cnn(C)c1)N(C)C. The normalized spacial score (nSPS) is 13.4. The number of hydrogen-bond donors (Lipinski definition) is 3. The maximum Gasteiger partial charge on any atom is 0.407 e. The molecule has 1 atom stereocenters. The van der Waals surface area contributed by atoms with Crippen molar-refractivity contribution in [3.05, 3.63) is 18.0 Å². The van der Waals surface area contributed by atoms with Crippen LogP contribution in [-0.4, -0.2) is 73.1 Å². The molecule has 0 bridgehead atoms. The summed E-state index contributed by atoms with van der Waals surface area (Å²) in [7, 11) is 7.73. The summed E-state index contributed by atoms with van der Waals surface area (Å²) < 4.78 is 7.00. The fraction of sp³-hybridized carbons (Fsp3) is 0.722. The predicted molar refractivity (Wildman–Crippen MR) is 108 cm³/mol. The highest BCUT2D eigenvalue weighted by molar-refractivity contribution is 5.79. The molecule has 1 rings (SSSR count). The second-order valence-corrected chi connectivity index (χ2v) is 7.59. The van der Waals surface area contributed by atoms with Crippen LogP contribution in [0.2, 0.25) is 0 Å². The van der Waals surface area contributed by atoms with Crippen LogP contribution in [0.25, 0.3) is 0 Å². The van der Waals surface area contributed by atoms with Gasteiger partial charge < -0.3 is 25.6 Å². The van der Waals surface area contributed by atoms with Crippen molar-refractivity contribution in [3.63, 3.8) is 0 Å². The molecule has 0 aliphatic carbocycles. The Morgan fingerprint density at radius 1 is 1.30 bits per heavy atom. The van der Waals surface area contributed by atoms with Gasteiger partial charge in [-0.2, -0.15) is 5.10 Å². The molecule has 9 heteroatoms. The van der Waals surface area contributed by atoms with E-state index in [1.165, 1.54) is 0 Å². The number of alkyl carbamates (subject to hydrolysis) is 1. The Hall–Kier alpha value is -2.29. The maximum atomic E-state index is 11.6. The summed E-state index contributed by atoms with van der Waals surface area (Å²) in [5, 5.41) is 13.6. The Morgan fingerprint density at radius 2 is 1.96 bits per heavy atom. The summed E-state index contributed by atoms with van der Waals surface area (Å²) in [5.41, 5.74) is 0.665. The summed E-state index contributed by atoms with van der Waals surface area (Å²) in [6, 6.07) is 0.186. The average Bonchev–Trinajstić information content (AvgIpc) is 2.97. The van der Waals surface area contributed by atoms with Crippen molar-refractivity contribution in [3.8, 4) is 0 Å². The highest BCUT2D eigenvalue weighted by Crippen LogP contribution is 2.15. The Bertz CT molecular complexity index is 605. The zero-order valence-electron chi connectivity index (χ0n) is 17.7. The van der Waals surface area contributed by atoms with Gasteiger partial charge in [0.2, 0.25) is 0 Å². The number of aliphatic imine (C=N–C) groups is 1. The highest BCUT2D eigenvalue weighted by Gasteiger charge is 2.17. The van der Waals surface area contributed by atoms with Crippen LogP contribution in [0.3, 0.4) is 0 Å². The van der Waals surface area contributed by atoms with E-state index in [0.717, 1.165) is 17.9 Å². The number of carbonyl (C=O) groups is 1. The van der Waals surface area contributed by atoms with Crippen LogP contribution in [-0.2, 0) is 11.8 Å². The first-order chi connectivity index (χ1) is 12.6. The van der Waals surface area contributed by atoms with Gasteiger partial charge in [-0.3, -0.25) is 9.67 Å². The van der Waals surface area contributed by atoms with Crippen LogP contribution < -0.4 is 16.0 Å². The van der Waals surface area contributed by atoms with E-state index in [-0.39, 0.29) is 6.04 Å². The minimum absolute atomic E-state index is 0.186. The number of aryl methyl sites for hydroxylation is 1. The summed E-state index contributed by atoms with van der Waals surface area (Å²) in [4.78, 5) is 18.0. The number of guanidine groups is 1. The number of rotatable bonds is 8. The Balaban J connectivity index is 2.33. The van der Waals surface area contributed by atoms with Crippen LogP contribution >= 0.6 is 0 Å². The van der Waals surface area contributed by atoms with Crippen molar-refractivity contribution in [1.82, 2.24) is 30.6 Å². The molecule has 0 aliphatic rings. The third-order valence-corrected chi connectivity index (χ3v) is 3.73. The summed E-state index contributed by atoms with van der Waals surface area (Å²) in [5.74, 6) is 0.725. The van der Waals surface area contributed by atoms with E-state index in [1.807, 2.05) is 54.3 Å². The molecule has 0 spiro atoms. The zero-order chi connectivity index (χ0) is 20.4. The zero-order valence-corrected chi connectivity index (χ0v) is 17.7. The van der Waals surface area contributed by atoms with Gasteiger partial charge in [-0.1, -0.05) is 0 Å². The van der Waals surface area contributed by atoms with Gasteiger partial charge in [0, 0.05) is 45.5 Å². The highest BCUT2D eigenvalue weighted by atomic mass is 16.6. The van der Waals surface area contributed by atoms with Crippen LogP contribution in [0.5, 0.6) is 0 Å². The fourth-order valence-corrected chi connectivity index (χ4v) is 2.42. The smallest absolute Gasteiger partial charge is 0.407 e. The molecule has 0 radical (unpaired) electrons. The Kier molecular flexibility index (Phi) is 9.07. The van der Waals surface area contributed by atoms with Crippen molar-refractivity contribution in [1.29, 1.82) is 0 Å². The number of hydrogen-bond acceptors (Lipinski definition) is 5. The number of likely N-dealkylation sites (N-methyl/N-ethyl adjacent to an activating group) is 1. The third-order valence-electron chi connectivity index (χ3n) is 3.73. The minimum atomic E-state index is -0.481. The summed E-state index contributed by atoms with van der Waals surface area (Å²) in [6.45, 7) is 7.46. The lowest BCUT2D eigenvalue weighted by Crippen LogP contribution is -2.42. The molecule has 0 aromatic carbocycles. The Labute approximate surface area is 162 Å². The van der Waals surface area contributed by atoms with Gasteiger partial charge in [0.15, 0.2) is 5.96 Å². The molecule has 3 N–H and O–H groups in total. The van der Waals surface area contributed by atoms with E-state index in [4.69, 9.17) is 4.74 Å². The van der Waals surface area contributed by atoms with E-state index in [9.17, 15) is 4.79 Å². The largest absolute Gasteiger partial charge is 0.444 e. The summed E-state index contributed by atoms with van der Waals surface area (Å²) >= 11 is 0. The lowest BCUT2D eigenvalue weighted by molar-refractivity contribution is 0.0527. The van der Waals surface area contributed by atoms with Gasteiger partial charge in [-0.05, 0) is 41.3 Å². The molecule has 154 valence electrons. The summed E-state index contributed by atoms with van der Waals surface area (Å²) in [6.07, 6.45) is 4.27. The van der Waals surface area contributed by atoms with Crippen LogP contribution in [0.1, 0.15) is 38.8 Å². The van der Waals surface area contributed by atoms with E-state index in [1.54, 1.807) is 11.7 Å². The molecule has 1 heterocycles. The first kappa shape index (κ1) is 22.8. The predicted octanol–water partition coefficient (Wildman–Crippen LogP) is 1.10. The maximum absolute atomic E-state index is 11.6. The molecule has 27 heavy (non-hydrogen) atoms. The number of nitrogens with one attached hydrogen (secondary N) is 3. The molecule has 1 aromatic heterocycles. The topological polar surface area (TPSA) is 95.8 Å². The first-order valence-electron chi connectivity index (χ1n) is 9.18. The number of ether oxygens (including phenoxy) is 1. The van der Waals surface area contributed by atoms with Gasteiger partial charge in [-0.25, -0.2) is 4.79 Å². The van der Waals surface area contributed by atoms with E-state index in [0.29, 0.717) is 19.6 Å². The quantitative estimate of drug-likeness (QED) is 0.355. The van der Waals surface area contributed by atoms with Crippen molar-refractivity contribution in [2.45, 2.75) is 38.8 Å². The number of carbonyl (C=O) groups excluding carboxylic acids is 1. The van der Waals surface area contributed by atoms with Gasteiger partial charge >= 0.3 is 6.09 Å². The van der Waals surface area contributed by atoms with Crippen LogP contribution in [0.15, 0.2) is 17.4 Å². The van der Waals surface area contributed by atoms with Crippen molar-refractivity contribution < 1.29 is 9.53 Å². The first-order valence-corrected chi connectivity index (χ1v) is 9.18. The Morgan fingerprint density at radius 3 is 2.48 bits per heavy atom. The molecular weight excluding hydrogens is 346 g/mol. The third kappa shape index (κ3) is 9.28. The fourth-order valence-electron chi connectivity index (χ4n) is 2.42. The lowest BCUT2D eigenvalue weighted by atomic mass is 10.1. The van der Waals surface area contributed by atoms with E-state index in [2.05, 4.69) is 30.9 Å². The lowest BCUT2D eigenvalue weighted by Gasteiger charge is -2.24. The second-order valence-electron chi connectivity index (χ2n) is 7.59. The van der Waals surface area contributed by atoms with E-state index < -0.39 is 11.7 Å².